The minimum Gasteiger partial charge on any atom is -0.496 e. The van der Waals surface area contributed by atoms with Crippen molar-refractivity contribution < 1.29 is 14.3 Å². The van der Waals surface area contributed by atoms with Crippen LogP contribution in [0.25, 0.3) is 0 Å². The molecule has 0 aliphatic heterocycles. The summed E-state index contributed by atoms with van der Waals surface area (Å²) in [4.78, 5) is 13.8. The molecule has 122 valence electrons. The number of methoxy groups -OCH3 is 1. The predicted molar refractivity (Wildman–Crippen MR) is 91.2 cm³/mol. The maximum atomic E-state index is 12.2. The van der Waals surface area contributed by atoms with Crippen molar-refractivity contribution in [1.82, 2.24) is 4.90 Å². The summed E-state index contributed by atoms with van der Waals surface area (Å²) in [6.07, 6.45) is 0. The van der Waals surface area contributed by atoms with E-state index in [2.05, 4.69) is 0 Å². The Balaban J connectivity index is 1.93. The molecule has 1 amide bonds. The van der Waals surface area contributed by atoms with Crippen LogP contribution >= 0.6 is 11.6 Å². The third-order valence-corrected chi connectivity index (χ3v) is 3.94. The van der Waals surface area contributed by atoms with E-state index in [1.165, 1.54) is 0 Å². The number of benzene rings is 2. The molecule has 0 atom stereocenters. The largest absolute Gasteiger partial charge is 0.496 e. The quantitative estimate of drug-likeness (QED) is 0.809. The molecule has 0 unspecified atom stereocenters. The maximum Gasteiger partial charge on any atom is 0.260 e. The first-order valence-corrected chi connectivity index (χ1v) is 7.64. The van der Waals surface area contributed by atoms with E-state index in [9.17, 15) is 4.79 Å². The zero-order valence-corrected chi connectivity index (χ0v) is 14.3. The van der Waals surface area contributed by atoms with Gasteiger partial charge in [-0.25, -0.2) is 0 Å². The molecular formula is C18H20ClNO3. The van der Waals surface area contributed by atoms with E-state index >= 15 is 0 Å². The van der Waals surface area contributed by atoms with E-state index in [-0.39, 0.29) is 12.5 Å². The van der Waals surface area contributed by atoms with Crippen molar-refractivity contribution in [3.8, 4) is 11.5 Å². The Morgan fingerprint density at radius 2 is 1.96 bits per heavy atom. The minimum absolute atomic E-state index is 0.0211. The number of ether oxygens (including phenoxy) is 2. The molecule has 0 spiro atoms. The second-order valence-corrected chi connectivity index (χ2v) is 5.67. The molecule has 2 aromatic rings. The second kappa shape index (κ2) is 7.88. The van der Waals surface area contributed by atoms with E-state index in [0.29, 0.717) is 17.3 Å². The Labute approximate surface area is 141 Å². The molecule has 5 heteroatoms. The molecule has 23 heavy (non-hydrogen) atoms. The van der Waals surface area contributed by atoms with E-state index < -0.39 is 0 Å². The van der Waals surface area contributed by atoms with Crippen LogP contribution in [0.15, 0.2) is 42.5 Å². The number of rotatable bonds is 6. The van der Waals surface area contributed by atoms with Crippen LogP contribution < -0.4 is 9.47 Å². The van der Waals surface area contributed by atoms with Crippen molar-refractivity contribution in [3.63, 3.8) is 0 Å². The topological polar surface area (TPSA) is 38.8 Å². The fraction of sp³-hybridized carbons (Fsp3) is 0.278. The highest BCUT2D eigenvalue weighted by molar-refractivity contribution is 6.31. The standard InChI is InChI=1S/C18H20ClNO3/c1-13-10-15(8-9-16(13)19)23-12-18(21)20(2)11-14-6-4-5-7-17(14)22-3/h4-10H,11-12H2,1-3H3. The van der Waals surface area contributed by atoms with Crippen LogP contribution in [0, 0.1) is 6.92 Å². The Hall–Kier alpha value is -2.20. The van der Waals surface area contributed by atoms with Gasteiger partial charge in [-0.2, -0.15) is 0 Å². The monoisotopic (exact) mass is 333 g/mol. The molecule has 0 aliphatic carbocycles. The Morgan fingerprint density at radius 1 is 1.22 bits per heavy atom. The number of para-hydroxylation sites is 1. The zero-order chi connectivity index (χ0) is 16.8. The molecule has 0 aromatic heterocycles. The first-order valence-electron chi connectivity index (χ1n) is 7.26. The molecular weight excluding hydrogens is 314 g/mol. The third kappa shape index (κ3) is 4.63. The van der Waals surface area contributed by atoms with Crippen molar-refractivity contribution in [2.75, 3.05) is 20.8 Å². The van der Waals surface area contributed by atoms with Crippen molar-refractivity contribution in [2.45, 2.75) is 13.5 Å². The first kappa shape index (κ1) is 17.2. The molecule has 0 radical (unpaired) electrons. The average Bonchev–Trinajstić information content (AvgIpc) is 2.56. The lowest BCUT2D eigenvalue weighted by molar-refractivity contribution is -0.132. The Kier molecular flexibility index (Phi) is 5.88. The van der Waals surface area contributed by atoms with E-state index in [1.807, 2.05) is 37.3 Å². The minimum atomic E-state index is -0.108. The molecule has 0 aliphatic rings. The summed E-state index contributed by atoms with van der Waals surface area (Å²) in [7, 11) is 3.36. The lowest BCUT2D eigenvalue weighted by Gasteiger charge is -2.19. The van der Waals surface area contributed by atoms with Crippen LogP contribution in [0.3, 0.4) is 0 Å². The van der Waals surface area contributed by atoms with Crippen LogP contribution in [0.5, 0.6) is 11.5 Å². The predicted octanol–water partition coefficient (Wildman–Crippen LogP) is 3.69. The van der Waals surface area contributed by atoms with Gasteiger partial charge < -0.3 is 14.4 Å². The summed E-state index contributed by atoms with van der Waals surface area (Å²) >= 11 is 5.97. The summed E-state index contributed by atoms with van der Waals surface area (Å²) in [6.45, 7) is 2.34. The fourth-order valence-corrected chi connectivity index (χ4v) is 2.26. The SMILES string of the molecule is COc1ccccc1CN(C)C(=O)COc1ccc(Cl)c(C)c1. The molecule has 0 saturated carbocycles. The first-order chi connectivity index (χ1) is 11.0. The number of likely N-dealkylation sites (N-methyl/N-ethyl adjacent to an activating group) is 1. The average molecular weight is 334 g/mol. The normalized spacial score (nSPS) is 10.3. The Morgan fingerprint density at radius 3 is 2.65 bits per heavy atom. The molecule has 2 rings (SSSR count). The number of hydrogen-bond acceptors (Lipinski definition) is 3. The summed E-state index contributed by atoms with van der Waals surface area (Å²) in [5.41, 5.74) is 1.87. The van der Waals surface area contributed by atoms with Gasteiger partial charge in [0.25, 0.3) is 5.91 Å². The van der Waals surface area contributed by atoms with Gasteiger partial charge in [-0.15, -0.1) is 0 Å². The van der Waals surface area contributed by atoms with Gasteiger partial charge in [0, 0.05) is 24.2 Å². The fourth-order valence-electron chi connectivity index (χ4n) is 2.14. The van der Waals surface area contributed by atoms with Gasteiger partial charge in [0.05, 0.1) is 7.11 Å². The highest BCUT2D eigenvalue weighted by Gasteiger charge is 2.12. The number of carbonyl (C=O) groups is 1. The number of halogens is 1. The molecule has 0 fully saturated rings. The van der Waals surface area contributed by atoms with Crippen molar-refractivity contribution >= 4 is 17.5 Å². The van der Waals surface area contributed by atoms with Gasteiger partial charge >= 0.3 is 0 Å². The number of amides is 1. The maximum absolute atomic E-state index is 12.2. The summed E-state index contributed by atoms with van der Waals surface area (Å²) < 4.78 is 10.8. The summed E-state index contributed by atoms with van der Waals surface area (Å²) in [5, 5.41) is 0.678. The van der Waals surface area contributed by atoms with Crippen LogP contribution in [-0.4, -0.2) is 31.6 Å². The van der Waals surface area contributed by atoms with Crippen molar-refractivity contribution in [3.05, 3.63) is 58.6 Å². The highest BCUT2D eigenvalue weighted by atomic mass is 35.5. The van der Waals surface area contributed by atoms with Crippen LogP contribution in [0.1, 0.15) is 11.1 Å². The zero-order valence-electron chi connectivity index (χ0n) is 13.5. The lowest BCUT2D eigenvalue weighted by Crippen LogP contribution is -2.31. The van der Waals surface area contributed by atoms with Crippen LogP contribution in [0.4, 0.5) is 0 Å². The number of carbonyl (C=O) groups excluding carboxylic acids is 1. The summed E-state index contributed by atoms with van der Waals surface area (Å²) in [6, 6.07) is 13.0. The van der Waals surface area contributed by atoms with E-state index in [1.54, 1.807) is 31.2 Å². The molecule has 0 heterocycles. The lowest BCUT2D eigenvalue weighted by atomic mass is 10.2. The number of aryl methyl sites for hydroxylation is 1. The third-order valence-electron chi connectivity index (χ3n) is 3.52. The van der Waals surface area contributed by atoms with Gasteiger partial charge in [-0.05, 0) is 36.8 Å². The van der Waals surface area contributed by atoms with Gasteiger partial charge in [-0.3, -0.25) is 4.79 Å². The molecule has 0 saturated heterocycles. The molecule has 0 bridgehead atoms. The van der Waals surface area contributed by atoms with E-state index in [4.69, 9.17) is 21.1 Å². The van der Waals surface area contributed by atoms with Crippen molar-refractivity contribution in [1.29, 1.82) is 0 Å². The van der Waals surface area contributed by atoms with E-state index in [0.717, 1.165) is 16.9 Å². The molecule has 2 aromatic carbocycles. The van der Waals surface area contributed by atoms with Gasteiger partial charge in [-0.1, -0.05) is 29.8 Å². The van der Waals surface area contributed by atoms with Crippen LogP contribution in [-0.2, 0) is 11.3 Å². The number of nitrogens with zero attached hydrogens (tertiary/aromatic N) is 1. The second-order valence-electron chi connectivity index (χ2n) is 5.26. The number of hydrogen-bond donors (Lipinski definition) is 0. The summed E-state index contributed by atoms with van der Waals surface area (Å²) in [5.74, 6) is 1.29. The Bertz CT molecular complexity index is 688. The van der Waals surface area contributed by atoms with Gasteiger partial charge in [0.1, 0.15) is 11.5 Å². The van der Waals surface area contributed by atoms with Crippen molar-refractivity contribution in [2.24, 2.45) is 0 Å². The van der Waals surface area contributed by atoms with Crippen LogP contribution in [0.2, 0.25) is 5.02 Å². The molecule has 4 nitrogen and oxygen atoms in total. The molecule has 0 N–H and O–H groups in total. The van der Waals surface area contributed by atoms with Gasteiger partial charge in [0.15, 0.2) is 6.61 Å². The van der Waals surface area contributed by atoms with Gasteiger partial charge in [0.2, 0.25) is 0 Å². The smallest absolute Gasteiger partial charge is 0.260 e. The highest BCUT2D eigenvalue weighted by Crippen LogP contribution is 2.21.